The molecule has 0 saturated heterocycles. The Balaban J connectivity index is 1.72. The van der Waals surface area contributed by atoms with Crippen molar-refractivity contribution in [3.63, 3.8) is 0 Å². The Hall–Kier alpha value is -3.20. The number of phenols is 1. The number of aromatic nitrogens is 5. The van der Waals surface area contributed by atoms with Gasteiger partial charge in [0.15, 0.2) is 11.3 Å². The number of rotatable bonds is 4. The van der Waals surface area contributed by atoms with Crippen LogP contribution >= 0.6 is 15.9 Å². The average Bonchev–Trinajstić information content (AvgIpc) is 3.25. The number of aromatic hydroxyl groups is 1. The number of hydrogen-bond donors (Lipinski definition) is 2. The molecule has 0 aliphatic carbocycles. The second-order valence-electron chi connectivity index (χ2n) is 5.82. The summed E-state index contributed by atoms with van der Waals surface area (Å²) in [6.45, 7) is 2.74. The largest absolute Gasteiger partial charge is 0.508 e. The molecule has 3 heterocycles. The summed E-state index contributed by atoms with van der Waals surface area (Å²) < 4.78 is 4.23. The van der Waals surface area contributed by atoms with Gasteiger partial charge in [-0.2, -0.15) is 10.2 Å². The van der Waals surface area contributed by atoms with E-state index in [2.05, 4.69) is 36.4 Å². The first-order valence-electron chi connectivity index (χ1n) is 8.23. The topological polar surface area (TPSA) is 97.3 Å². The molecule has 0 aliphatic heterocycles. The van der Waals surface area contributed by atoms with Crippen LogP contribution in [0, 0.1) is 0 Å². The van der Waals surface area contributed by atoms with Crippen molar-refractivity contribution in [3.8, 4) is 17.1 Å². The van der Waals surface area contributed by atoms with Crippen molar-refractivity contribution in [2.24, 2.45) is 0 Å². The van der Waals surface area contributed by atoms with Crippen LogP contribution in [-0.4, -0.2) is 35.4 Å². The second-order valence-corrected chi connectivity index (χ2v) is 6.67. The first-order chi connectivity index (χ1) is 13.0. The van der Waals surface area contributed by atoms with Gasteiger partial charge in [-0.25, -0.2) is 9.50 Å². The molecule has 1 aromatic carbocycles. The highest BCUT2D eigenvalue weighted by molar-refractivity contribution is 9.10. The highest BCUT2D eigenvalue weighted by Gasteiger charge is 2.17. The zero-order valence-corrected chi connectivity index (χ0v) is 15.9. The van der Waals surface area contributed by atoms with E-state index in [9.17, 15) is 9.90 Å². The molecule has 1 amide bonds. The van der Waals surface area contributed by atoms with Crippen molar-refractivity contribution < 1.29 is 9.90 Å². The number of halogens is 1. The molecule has 2 N–H and O–H groups in total. The lowest BCUT2D eigenvalue weighted by atomic mass is 10.3. The van der Waals surface area contributed by atoms with Crippen molar-refractivity contribution in [2.75, 3.05) is 5.32 Å². The molecule has 0 aliphatic rings. The Kier molecular flexibility index (Phi) is 4.36. The number of phenolic OH excluding ortho intramolecular Hbond substituents is 1. The van der Waals surface area contributed by atoms with E-state index in [1.807, 2.05) is 17.8 Å². The fraction of sp³-hybridized carbons (Fsp3) is 0.111. The first-order valence-corrected chi connectivity index (χ1v) is 9.03. The van der Waals surface area contributed by atoms with E-state index in [1.165, 1.54) is 12.1 Å². The molecule has 0 bridgehead atoms. The van der Waals surface area contributed by atoms with E-state index >= 15 is 0 Å². The quantitative estimate of drug-likeness (QED) is 0.521. The lowest BCUT2D eigenvalue weighted by Crippen LogP contribution is -2.12. The molecule has 0 unspecified atom stereocenters. The SMILES string of the molecule is CCn1cc(Br)c(-c2ccnc3cc(C(=O)Nc4cccc(O)c4)nn23)n1. The number of anilines is 1. The summed E-state index contributed by atoms with van der Waals surface area (Å²) in [6.07, 6.45) is 3.54. The van der Waals surface area contributed by atoms with E-state index in [1.54, 1.807) is 35.0 Å². The molecule has 0 spiro atoms. The van der Waals surface area contributed by atoms with Crippen LogP contribution in [0.2, 0.25) is 0 Å². The molecular weight excluding hydrogens is 412 g/mol. The summed E-state index contributed by atoms with van der Waals surface area (Å²) in [6, 6.07) is 9.73. The van der Waals surface area contributed by atoms with Crippen LogP contribution in [-0.2, 0) is 6.54 Å². The Labute approximate surface area is 162 Å². The minimum absolute atomic E-state index is 0.0723. The van der Waals surface area contributed by atoms with Gasteiger partial charge >= 0.3 is 0 Å². The average molecular weight is 427 g/mol. The van der Waals surface area contributed by atoms with Gasteiger partial charge in [-0.15, -0.1) is 0 Å². The fourth-order valence-corrected chi connectivity index (χ4v) is 3.22. The Morgan fingerprint density at radius 1 is 1.26 bits per heavy atom. The third kappa shape index (κ3) is 3.28. The van der Waals surface area contributed by atoms with Gasteiger partial charge in [-0.3, -0.25) is 9.48 Å². The predicted octanol–water partition coefficient (Wildman–Crippen LogP) is 3.33. The number of nitrogens with zero attached hydrogens (tertiary/aromatic N) is 5. The molecule has 4 aromatic rings. The monoisotopic (exact) mass is 426 g/mol. The second kappa shape index (κ2) is 6.84. The molecule has 0 saturated carbocycles. The zero-order chi connectivity index (χ0) is 19.0. The number of nitrogens with one attached hydrogen (secondary N) is 1. The minimum atomic E-state index is -0.393. The third-order valence-electron chi connectivity index (χ3n) is 3.98. The van der Waals surface area contributed by atoms with Crippen molar-refractivity contribution in [2.45, 2.75) is 13.5 Å². The highest BCUT2D eigenvalue weighted by Crippen LogP contribution is 2.27. The van der Waals surface area contributed by atoms with Gasteiger partial charge in [0.2, 0.25) is 0 Å². The van der Waals surface area contributed by atoms with Crippen LogP contribution in [0.5, 0.6) is 5.75 Å². The van der Waals surface area contributed by atoms with Crippen LogP contribution in [0.3, 0.4) is 0 Å². The van der Waals surface area contributed by atoms with Gasteiger partial charge in [0, 0.05) is 36.8 Å². The van der Waals surface area contributed by atoms with Crippen molar-refractivity contribution in [1.29, 1.82) is 0 Å². The molecule has 0 atom stereocenters. The van der Waals surface area contributed by atoms with E-state index in [-0.39, 0.29) is 11.4 Å². The minimum Gasteiger partial charge on any atom is -0.508 e. The standard InChI is InChI=1S/C18H15BrN6O2/c1-2-24-10-13(19)17(23-24)15-6-7-20-16-9-14(22-25(15)16)18(27)21-11-4-3-5-12(26)8-11/h3-10,26H,2H2,1H3,(H,21,27). The summed E-state index contributed by atoms with van der Waals surface area (Å²) in [5.41, 5.74) is 2.66. The summed E-state index contributed by atoms with van der Waals surface area (Å²) in [5.74, 6) is -0.321. The summed E-state index contributed by atoms with van der Waals surface area (Å²) in [4.78, 5) is 16.8. The van der Waals surface area contributed by atoms with Crippen LogP contribution in [0.25, 0.3) is 17.0 Å². The zero-order valence-electron chi connectivity index (χ0n) is 14.3. The van der Waals surface area contributed by atoms with Crippen molar-refractivity contribution in [1.82, 2.24) is 24.4 Å². The summed E-state index contributed by atoms with van der Waals surface area (Å²) in [7, 11) is 0. The van der Waals surface area contributed by atoms with Crippen molar-refractivity contribution >= 4 is 33.2 Å². The maximum Gasteiger partial charge on any atom is 0.276 e. The predicted molar refractivity (Wildman–Crippen MR) is 104 cm³/mol. The Bertz CT molecular complexity index is 1150. The Morgan fingerprint density at radius 3 is 2.85 bits per heavy atom. The van der Waals surface area contributed by atoms with Gasteiger partial charge in [0.1, 0.15) is 11.4 Å². The fourth-order valence-electron chi connectivity index (χ4n) is 2.70. The molecule has 8 nitrogen and oxygen atoms in total. The van der Waals surface area contributed by atoms with E-state index in [4.69, 9.17) is 0 Å². The maximum atomic E-state index is 12.5. The van der Waals surface area contributed by atoms with Gasteiger partial charge in [-0.05, 0) is 41.1 Å². The van der Waals surface area contributed by atoms with Crippen molar-refractivity contribution in [3.05, 3.63) is 59.0 Å². The summed E-state index contributed by atoms with van der Waals surface area (Å²) >= 11 is 3.52. The molecule has 9 heteroatoms. The number of carbonyl (C=O) groups is 1. The molecule has 27 heavy (non-hydrogen) atoms. The van der Waals surface area contributed by atoms with Crippen LogP contribution in [0.15, 0.2) is 53.3 Å². The molecule has 3 aromatic heterocycles. The van der Waals surface area contributed by atoms with E-state index < -0.39 is 5.91 Å². The van der Waals surface area contributed by atoms with Gasteiger partial charge in [0.25, 0.3) is 5.91 Å². The van der Waals surface area contributed by atoms with Crippen LogP contribution < -0.4 is 5.32 Å². The maximum absolute atomic E-state index is 12.5. The summed E-state index contributed by atoms with van der Waals surface area (Å²) in [5, 5.41) is 21.2. The van der Waals surface area contributed by atoms with Crippen LogP contribution in [0.1, 0.15) is 17.4 Å². The molecule has 0 fully saturated rings. The normalized spacial score (nSPS) is 11.0. The molecular formula is C18H15BrN6O2. The smallest absolute Gasteiger partial charge is 0.276 e. The van der Waals surface area contributed by atoms with Gasteiger partial charge in [-0.1, -0.05) is 6.07 Å². The number of benzene rings is 1. The lowest BCUT2D eigenvalue weighted by Gasteiger charge is -2.03. The highest BCUT2D eigenvalue weighted by atomic mass is 79.9. The van der Waals surface area contributed by atoms with Gasteiger partial charge < -0.3 is 10.4 Å². The number of carbonyl (C=O) groups excluding carboxylic acids is 1. The third-order valence-corrected chi connectivity index (χ3v) is 4.56. The van der Waals surface area contributed by atoms with E-state index in [0.29, 0.717) is 17.0 Å². The molecule has 0 radical (unpaired) electrons. The first kappa shape index (κ1) is 17.2. The number of hydrogen-bond acceptors (Lipinski definition) is 5. The molecule has 136 valence electrons. The van der Waals surface area contributed by atoms with Gasteiger partial charge in [0.05, 0.1) is 10.2 Å². The molecule has 4 rings (SSSR count). The Morgan fingerprint density at radius 2 is 2.11 bits per heavy atom. The number of amides is 1. The van der Waals surface area contributed by atoms with E-state index in [0.717, 1.165) is 16.7 Å². The number of fused-ring (bicyclic) bond motifs is 1. The number of aryl methyl sites for hydroxylation is 1. The van der Waals surface area contributed by atoms with Crippen LogP contribution in [0.4, 0.5) is 5.69 Å². The lowest BCUT2D eigenvalue weighted by molar-refractivity contribution is 0.102.